The van der Waals surface area contributed by atoms with Gasteiger partial charge in [-0.15, -0.1) is 6.42 Å². The van der Waals surface area contributed by atoms with E-state index in [9.17, 15) is 4.79 Å². The van der Waals surface area contributed by atoms with Gasteiger partial charge in [-0.2, -0.15) is 0 Å². The predicted molar refractivity (Wildman–Crippen MR) is 92.9 cm³/mol. The Morgan fingerprint density at radius 3 is 1.96 bits per heavy atom. The fourth-order valence-electron chi connectivity index (χ4n) is 2.66. The summed E-state index contributed by atoms with van der Waals surface area (Å²) in [7, 11) is 0. The van der Waals surface area contributed by atoms with Crippen LogP contribution in [0.25, 0.3) is 0 Å². The SMILES string of the molecule is C#CC(CC(=C)C(=O)OCC)(c1ccccc1)c1ccccc1. The number of carbonyl (C=O) groups is 1. The topological polar surface area (TPSA) is 26.3 Å². The van der Waals surface area contributed by atoms with Crippen molar-refractivity contribution in [2.24, 2.45) is 0 Å². The van der Waals surface area contributed by atoms with Crippen molar-refractivity contribution in [1.29, 1.82) is 0 Å². The van der Waals surface area contributed by atoms with Crippen molar-refractivity contribution in [3.05, 3.63) is 83.9 Å². The minimum atomic E-state index is -0.744. The first-order chi connectivity index (χ1) is 11.1. The maximum atomic E-state index is 12.0. The van der Waals surface area contributed by atoms with Gasteiger partial charge in [-0.3, -0.25) is 0 Å². The molecule has 0 saturated heterocycles. The molecule has 2 nitrogen and oxygen atoms in total. The van der Waals surface area contributed by atoms with Gasteiger partial charge >= 0.3 is 5.97 Å². The minimum Gasteiger partial charge on any atom is -0.463 e. The van der Waals surface area contributed by atoms with Crippen LogP contribution in [-0.4, -0.2) is 12.6 Å². The summed E-state index contributed by atoms with van der Waals surface area (Å²) in [6.45, 7) is 5.98. The third kappa shape index (κ3) is 3.52. The highest BCUT2D eigenvalue weighted by Gasteiger charge is 2.34. The summed E-state index contributed by atoms with van der Waals surface area (Å²) >= 11 is 0. The Bertz CT molecular complexity index is 669. The summed E-state index contributed by atoms with van der Waals surface area (Å²) < 4.78 is 5.06. The maximum absolute atomic E-state index is 12.0. The van der Waals surface area contributed by atoms with E-state index in [1.54, 1.807) is 6.92 Å². The van der Waals surface area contributed by atoms with E-state index in [4.69, 9.17) is 11.2 Å². The average molecular weight is 304 g/mol. The first-order valence-corrected chi connectivity index (χ1v) is 7.57. The van der Waals surface area contributed by atoms with E-state index >= 15 is 0 Å². The molecule has 0 unspecified atom stereocenters. The standard InChI is InChI=1S/C21H20O2/c1-4-21(18-12-8-6-9-13-18,19-14-10-7-11-15-19)16-17(3)20(22)23-5-2/h1,6-15H,3,5,16H2,2H3. The first kappa shape index (κ1) is 16.6. The quantitative estimate of drug-likeness (QED) is 0.456. The summed E-state index contributed by atoms with van der Waals surface area (Å²) in [6, 6.07) is 19.6. The third-order valence-corrected chi connectivity index (χ3v) is 3.82. The van der Waals surface area contributed by atoms with E-state index in [0.717, 1.165) is 11.1 Å². The molecule has 0 radical (unpaired) electrons. The monoisotopic (exact) mass is 304 g/mol. The third-order valence-electron chi connectivity index (χ3n) is 3.82. The molecule has 23 heavy (non-hydrogen) atoms. The minimum absolute atomic E-state index is 0.316. The van der Waals surface area contributed by atoms with E-state index in [1.807, 2.05) is 60.7 Å². The molecule has 0 aliphatic carbocycles. The van der Waals surface area contributed by atoms with Crippen LogP contribution in [0.3, 0.4) is 0 Å². The van der Waals surface area contributed by atoms with E-state index < -0.39 is 11.4 Å². The summed E-state index contributed by atoms with van der Waals surface area (Å²) in [6.07, 6.45) is 6.27. The van der Waals surface area contributed by atoms with Crippen LogP contribution in [0.15, 0.2) is 72.8 Å². The highest BCUT2D eigenvalue weighted by atomic mass is 16.5. The van der Waals surface area contributed by atoms with Crippen molar-refractivity contribution in [1.82, 2.24) is 0 Å². The van der Waals surface area contributed by atoms with Crippen molar-refractivity contribution in [2.75, 3.05) is 6.61 Å². The molecular weight excluding hydrogens is 284 g/mol. The largest absolute Gasteiger partial charge is 0.463 e. The number of carbonyl (C=O) groups excluding carboxylic acids is 1. The molecule has 2 aromatic carbocycles. The van der Waals surface area contributed by atoms with Crippen LogP contribution >= 0.6 is 0 Å². The molecule has 2 heteroatoms. The molecule has 0 spiro atoms. The van der Waals surface area contributed by atoms with Gasteiger partial charge in [0.05, 0.1) is 12.0 Å². The number of esters is 1. The van der Waals surface area contributed by atoms with Crippen LogP contribution in [0.2, 0.25) is 0 Å². The smallest absolute Gasteiger partial charge is 0.333 e. The molecule has 2 rings (SSSR count). The Balaban J connectivity index is 2.50. The van der Waals surface area contributed by atoms with E-state index in [1.165, 1.54) is 0 Å². The lowest BCUT2D eigenvalue weighted by atomic mass is 9.71. The van der Waals surface area contributed by atoms with Crippen molar-refractivity contribution < 1.29 is 9.53 Å². The van der Waals surface area contributed by atoms with Gasteiger partial charge < -0.3 is 4.74 Å². The lowest BCUT2D eigenvalue weighted by Gasteiger charge is -2.30. The van der Waals surface area contributed by atoms with Crippen molar-refractivity contribution >= 4 is 5.97 Å². The number of rotatable bonds is 6. The number of hydrogen-bond donors (Lipinski definition) is 0. The van der Waals surface area contributed by atoms with Crippen molar-refractivity contribution in [2.45, 2.75) is 18.8 Å². The molecule has 0 aromatic heterocycles. The Labute approximate surface area is 137 Å². The van der Waals surface area contributed by atoms with E-state index in [0.29, 0.717) is 18.6 Å². The van der Waals surface area contributed by atoms with Gasteiger partial charge in [0.1, 0.15) is 0 Å². The Morgan fingerprint density at radius 1 is 1.09 bits per heavy atom. The second kappa shape index (κ2) is 7.47. The summed E-state index contributed by atoms with van der Waals surface area (Å²) in [4.78, 5) is 12.0. The predicted octanol–water partition coefficient (Wildman–Crippen LogP) is 4.12. The number of benzene rings is 2. The average Bonchev–Trinajstić information content (AvgIpc) is 2.61. The molecule has 0 atom stereocenters. The molecule has 0 aliphatic heterocycles. The van der Waals surface area contributed by atoms with Gasteiger partial charge in [-0.25, -0.2) is 4.79 Å². The summed E-state index contributed by atoms with van der Waals surface area (Å²) in [5, 5.41) is 0. The van der Waals surface area contributed by atoms with Crippen LogP contribution in [0.1, 0.15) is 24.5 Å². The highest BCUT2D eigenvalue weighted by Crippen LogP contribution is 2.37. The molecule has 0 aliphatic rings. The number of terminal acetylenes is 1. The molecule has 0 heterocycles. The first-order valence-electron chi connectivity index (χ1n) is 7.57. The molecule has 0 saturated carbocycles. The molecule has 0 N–H and O–H groups in total. The van der Waals surface area contributed by atoms with Crippen molar-refractivity contribution in [3.63, 3.8) is 0 Å². The normalized spacial score (nSPS) is 10.6. The van der Waals surface area contributed by atoms with E-state index in [-0.39, 0.29) is 0 Å². The maximum Gasteiger partial charge on any atom is 0.333 e. The van der Waals surface area contributed by atoms with Crippen LogP contribution in [0, 0.1) is 12.3 Å². The fraction of sp³-hybridized carbons (Fsp3) is 0.190. The molecule has 0 bridgehead atoms. The summed E-state index contributed by atoms with van der Waals surface area (Å²) in [5.74, 6) is 2.50. The molecule has 2 aromatic rings. The van der Waals surface area contributed by atoms with Crippen LogP contribution < -0.4 is 0 Å². The zero-order valence-electron chi connectivity index (χ0n) is 13.3. The van der Waals surface area contributed by atoms with E-state index in [2.05, 4.69) is 12.5 Å². The van der Waals surface area contributed by atoms with Crippen LogP contribution in [0.5, 0.6) is 0 Å². The van der Waals surface area contributed by atoms with Gasteiger partial charge in [0.25, 0.3) is 0 Å². The van der Waals surface area contributed by atoms with Crippen molar-refractivity contribution in [3.8, 4) is 12.3 Å². The summed E-state index contributed by atoms with van der Waals surface area (Å²) in [5.41, 5.74) is 1.54. The van der Waals surface area contributed by atoms with Gasteiger partial charge in [0, 0.05) is 12.0 Å². The van der Waals surface area contributed by atoms with Crippen LogP contribution in [0.4, 0.5) is 0 Å². The fourth-order valence-corrected chi connectivity index (χ4v) is 2.66. The second-order valence-electron chi connectivity index (χ2n) is 5.28. The molecular formula is C21H20O2. The van der Waals surface area contributed by atoms with Gasteiger partial charge in [0.15, 0.2) is 0 Å². The zero-order valence-corrected chi connectivity index (χ0v) is 13.3. The number of hydrogen-bond acceptors (Lipinski definition) is 2. The Hall–Kier alpha value is -2.79. The zero-order chi connectivity index (χ0) is 16.7. The molecule has 0 fully saturated rings. The van der Waals surface area contributed by atoms with Gasteiger partial charge in [-0.1, -0.05) is 73.2 Å². The number of ether oxygens (including phenoxy) is 1. The highest BCUT2D eigenvalue weighted by molar-refractivity contribution is 5.88. The molecule has 116 valence electrons. The van der Waals surface area contributed by atoms with Crippen LogP contribution in [-0.2, 0) is 14.9 Å². The molecule has 0 amide bonds. The Kier molecular flexibility index (Phi) is 5.38. The van der Waals surface area contributed by atoms with Gasteiger partial charge in [0.2, 0.25) is 0 Å². The van der Waals surface area contributed by atoms with Gasteiger partial charge in [-0.05, 0) is 18.1 Å². The second-order valence-corrected chi connectivity index (χ2v) is 5.28. The Morgan fingerprint density at radius 2 is 1.57 bits per heavy atom. The lowest BCUT2D eigenvalue weighted by Crippen LogP contribution is -2.28. The lowest BCUT2D eigenvalue weighted by molar-refractivity contribution is -0.138.